The maximum atomic E-state index is 13.7. The molecule has 0 fully saturated rings. The van der Waals surface area contributed by atoms with Crippen LogP contribution in [0.25, 0.3) is 0 Å². The summed E-state index contributed by atoms with van der Waals surface area (Å²) in [5.41, 5.74) is 2.38. The van der Waals surface area contributed by atoms with Crippen LogP contribution in [0.3, 0.4) is 0 Å². The lowest BCUT2D eigenvalue weighted by Gasteiger charge is -2.38. The number of aliphatic hydroxyl groups excluding tert-OH is 1. The molecule has 2 aliphatic heterocycles. The molecule has 0 saturated heterocycles. The molecule has 0 radical (unpaired) electrons. The summed E-state index contributed by atoms with van der Waals surface area (Å²) in [6.45, 7) is 7.12. The number of likely N-dealkylation sites (N-methyl/N-ethyl adjacent to an activating group) is 1. The number of amides is 1. The lowest BCUT2D eigenvalue weighted by atomic mass is 9.99. The fraction of sp³-hybridized carbons (Fsp3) is 0.387. The molecule has 0 aromatic heterocycles. The van der Waals surface area contributed by atoms with Gasteiger partial charge in [0.1, 0.15) is 6.10 Å². The zero-order chi connectivity index (χ0) is 30.0. The molecule has 2 N–H and O–H groups in total. The molecule has 42 heavy (non-hydrogen) atoms. The van der Waals surface area contributed by atoms with E-state index < -0.39 is 22.2 Å². The number of sulfonamides is 1. The van der Waals surface area contributed by atoms with Gasteiger partial charge in [0.05, 0.1) is 28.8 Å². The highest BCUT2D eigenvalue weighted by atomic mass is 32.2. The topological polar surface area (TPSA) is 118 Å². The number of nitrogens with zero attached hydrogens (tertiary/aromatic N) is 2. The molecular weight excluding hydrogens is 558 g/mol. The van der Waals surface area contributed by atoms with E-state index in [4.69, 9.17) is 14.2 Å². The van der Waals surface area contributed by atoms with Crippen LogP contribution in [0, 0.1) is 12.8 Å². The lowest BCUT2D eigenvalue weighted by molar-refractivity contribution is 0.0344. The number of anilines is 1. The summed E-state index contributed by atoms with van der Waals surface area (Å²) in [6, 6.07) is 16.8. The van der Waals surface area contributed by atoms with Gasteiger partial charge >= 0.3 is 0 Å². The molecule has 2 heterocycles. The SMILES string of the molecule is Cc1ccc(S(=O)(=O)Nc2cccc3c2O[C@@H](CN(C)Cc2ccc4c(c2)OCO4)[C@@H](C)CN([C@@H](C)CO)C3=O)cc1. The van der Waals surface area contributed by atoms with Crippen LogP contribution in [0.5, 0.6) is 17.2 Å². The summed E-state index contributed by atoms with van der Waals surface area (Å²) in [6.07, 6.45) is -0.408. The molecule has 0 bridgehead atoms. The van der Waals surface area contributed by atoms with Crippen LogP contribution in [0.2, 0.25) is 0 Å². The van der Waals surface area contributed by atoms with Gasteiger partial charge in [0.25, 0.3) is 15.9 Å². The second-order valence-corrected chi connectivity index (χ2v) is 12.8. The summed E-state index contributed by atoms with van der Waals surface area (Å²) in [5, 5.41) is 9.95. The van der Waals surface area contributed by atoms with Gasteiger partial charge in [-0.2, -0.15) is 0 Å². The number of hydrogen-bond acceptors (Lipinski definition) is 8. The van der Waals surface area contributed by atoms with Crippen LogP contribution in [0.4, 0.5) is 5.69 Å². The van der Waals surface area contributed by atoms with E-state index in [2.05, 4.69) is 9.62 Å². The van der Waals surface area contributed by atoms with Gasteiger partial charge in [0, 0.05) is 25.6 Å². The molecule has 2 aliphatic rings. The van der Waals surface area contributed by atoms with E-state index in [-0.39, 0.29) is 47.1 Å². The molecule has 3 aromatic rings. The molecule has 1 amide bonds. The van der Waals surface area contributed by atoms with Crippen LogP contribution in [0.1, 0.15) is 35.3 Å². The van der Waals surface area contributed by atoms with Gasteiger partial charge in [0.2, 0.25) is 6.79 Å². The summed E-state index contributed by atoms with van der Waals surface area (Å²) in [4.78, 5) is 17.6. The van der Waals surface area contributed by atoms with E-state index in [1.165, 1.54) is 12.1 Å². The first kappa shape index (κ1) is 29.7. The Morgan fingerprint density at radius 1 is 1.10 bits per heavy atom. The van der Waals surface area contributed by atoms with Crippen LogP contribution in [-0.2, 0) is 16.6 Å². The predicted octanol–water partition coefficient (Wildman–Crippen LogP) is 3.88. The van der Waals surface area contributed by atoms with Gasteiger partial charge in [0.15, 0.2) is 17.2 Å². The average Bonchev–Trinajstić information content (AvgIpc) is 3.43. The summed E-state index contributed by atoms with van der Waals surface area (Å²) in [5.74, 6) is 1.13. The van der Waals surface area contributed by atoms with Crippen LogP contribution in [-0.4, -0.2) is 74.9 Å². The van der Waals surface area contributed by atoms with Crippen LogP contribution >= 0.6 is 0 Å². The minimum Gasteiger partial charge on any atom is -0.486 e. The van der Waals surface area contributed by atoms with Crippen molar-refractivity contribution in [3.63, 3.8) is 0 Å². The number of ether oxygens (including phenoxy) is 3. The minimum atomic E-state index is -3.96. The Balaban J connectivity index is 1.46. The standard InChI is InChI=1S/C31H37N3O7S/c1-20-8-11-24(12-9-20)42(37,38)32-26-7-5-6-25-30(26)41-29(21(2)15-34(31(25)36)22(3)18-35)17-33(4)16-23-10-13-27-28(14-23)40-19-39-27/h5-14,21-22,29,32,35H,15-19H2,1-4H3/t21-,22-,29-/m0/s1. The summed E-state index contributed by atoms with van der Waals surface area (Å²) >= 11 is 0. The molecule has 3 atom stereocenters. The third kappa shape index (κ3) is 6.33. The second kappa shape index (κ2) is 12.2. The van der Waals surface area contributed by atoms with E-state index in [0.717, 1.165) is 16.9 Å². The number of rotatable bonds is 9. The first-order chi connectivity index (χ1) is 20.1. The fourth-order valence-corrected chi connectivity index (χ4v) is 6.25. The highest BCUT2D eigenvalue weighted by Gasteiger charge is 2.35. The van der Waals surface area contributed by atoms with Crippen molar-refractivity contribution in [2.75, 3.05) is 38.3 Å². The number of hydrogen-bond donors (Lipinski definition) is 2. The van der Waals surface area contributed by atoms with Gasteiger partial charge in [-0.1, -0.05) is 36.8 Å². The van der Waals surface area contributed by atoms with Crippen molar-refractivity contribution in [2.45, 2.75) is 44.4 Å². The third-order valence-corrected chi connectivity index (χ3v) is 9.03. The smallest absolute Gasteiger partial charge is 0.262 e. The number of carbonyl (C=O) groups excluding carboxylic acids is 1. The van der Waals surface area contributed by atoms with E-state index in [0.29, 0.717) is 25.4 Å². The molecule has 0 unspecified atom stereocenters. The van der Waals surface area contributed by atoms with Crippen molar-refractivity contribution in [1.82, 2.24) is 9.80 Å². The number of aryl methyl sites for hydroxylation is 1. The number of carbonyl (C=O) groups is 1. The Morgan fingerprint density at radius 2 is 1.83 bits per heavy atom. The molecule has 3 aromatic carbocycles. The van der Waals surface area contributed by atoms with Crippen LogP contribution < -0.4 is 18.9 Å². The Hall–Kier alpha value is -3.80. The highest BCUT2D eigenvalue weighted by molar-refractivity contribution is 7.92. The molecule has 11 heteroatoms. The fourth-order valence-electron chi connectivity index (χ4n) is 5.19. The first-order valence-electron chi connectivity index (χ1n) is 13.9. The maximum absolute atomic E-state index is 13.7. The van der Waals surface area contributed by atoms with Gasteiger partial charge in [-0.15, -0.1) is 0 Å². The first-order valence-corrected chi connectivity index (χ1v) is 15.4. The summed E-state index contributed by atoms with van der Waals surface area (Å²) < 4.78 is 46.8. The summed E-state index contributed by atoms with van der Waals surface area (Å²) in [7, 11) is -1.99. The van der Waals surface area contributed by atoms with Gasteiger partial charge < -0.3 is 24.2 Å². The van der Waals surface area contributed by atoms with E-state index in [1.54, 1.807) is 42.2 Å². The molecule has 0 spiro atoms. The molecule has 5 rings (SSSR count). The predicted molar refractivity (Wildman–Crippen MR) is 158 cm³/mol. The number of aliphatic hydroxyl groups is 1. The number of para-hydroxylation sites is 1. The highest BCUT2D eigenvalue weighted by Crippen LogP contribution is 2.37. The van der Waals surface area contributed by atoms with Crippen molar-refractivity contribution < 1.29 is 32.5 Å². The van der Waals surface area contributed by atoms with Crippen molar-refractivity contribution in [3.05, 3.63) is 77.4 Å². The largest absolute Gasteiger partial charge is 0.486 e. The van der Waals surface area contributed by atoms with Crippen molar-refractivity contribution in [3.8, 4) is 17.2 Å². The van der Waals surface area contributed by atoms with E-state index >= 15 is 0 Å². The Labute approximate surface area is 246 Å². The second-order valence-electron chi connectivity index (χ2n) is 11.1. The quantitative estimate of drug-likeness (QED) is 0.383. The molecule has 224 valence electrons. The zero-order valence-corrected chi connectivity index (χ0v) is 25.1. The van der Waals surface area contributed by atoms with Crippen molar-refractivity contribution in [1.29, 1.82) is 0 Å². The maximum Gasteiger partial charge on any atom is 0.262 e. The normalized spacial score (nSPS) is 19.1. The van der Waals surface area contributed by atoms with Crippen molar-refractivity contribution >= 4 is 21.6 Å². The van der Waals surface area contributed by atoms with Gasteiger partial charge in [-0.25, -0.2) is 8.42 Å². The van der Waals surface area contributed by atoms with E-state index in [9.17, 15) is 18.3 Å². The molecule has 0 aliphatic carbocycles. The average molecular weight is 596 g/mol. The number of fused-ring (bicyclic) bond motifs is 2. The monoisotopic (exact) mass is 595 g/mol. The Morgan fingerprint density at radius 3 is 2.57 bits per heavy atom. The molecule has 10 nitrogen and oxygen atoms in total. The molecule has 0 saturated carbocycles. The van der Waals surface area contributed by atoms with E-state index in [1.807, 2.05) is 39.1 Å². The van der Waals surface area contributed by atoms with Crippen LogP contribution in [0.15, 0.2) is 65.6 Å². The Kier molecular flexibility index (Phi) is 8.63. The van der Waals surface area contributed by atoms with Gasteiger partial charge in [-0.3, -0.25) is 14.4 Å². The molecular formula is C31H37N3O7S. The van der Waals surface area contributed by atoms with Crippen molar-refractivity contribution in [2.24, 2.45) is 5.92 Å². The number of nitrogens with one attached hydrogen (secondary N) is 1. The zero-order valence-electron chi connectivity index (χ0n) is 24.2. The van der Waals surface area contributed by atoms with Gasteiger partial charge in [-0.05, 0) is 62.9 Å². The lowest BCUT2D eigenvalue weighted by Crippen LogP contribution is -2.49. The minimum absolute atomic E-state index is 0.104. The third-order valence-electron chi connectivity index (χ3n) is 7.65. The Bertz CT molecular complexity index is 1540. The number of benzene rings is 3.